The van der Waals surface area contributed by atoms with E-state index in [4.69, 9.17) is 5.73 Å². The zero-order chi connectivity index (χ0) is 18.2. The first-order valence-electron chi connectivity index (χ1n) is 8.49. The van der Waals surface area contributed by atoms with Crippen LogP contribution in [0.15, 0.2) is 76.0 Å². The zero-order valence-corrected chi connectivity index (χ0v) is 15.5. The molecule has 0 atom stereocenters. The van der Waals surface area contributed by atoms with E-state index in [2.05, 4.69) is 46.5 Å². The largest absolute Gasteiger partial charge is 0.383 e. The Hall–Kier alpha value is -2.92. The molecule has 132 valence electrons. The van der Waals surface area contributed by atoms with E-state index in [1.54, 1.807) is 17.7 Å². The third-order valence-electron chi connectivity index (χ3n) is 3.83. The molecule has 0 aliphatic heterocycles. The number of aliphatic imine (C=N–C) groups is 2. The maximum atomic E-state index is 6.01. The normalized spacial score (nSPS) is 11.8. The van der Waals surface area contributed by atoms with Crippen LogP contribution in [0.4, 0.5) is 11.4 Å². The first-order valence-corrected chi connectivity index (χ1v) is 9.37. The number of benzene rings is 2. The van der Waals surface area contributed by atoms with Gasteiger partial charge in [0, 0.05) is 12.2 Å². The second kappa shape index (κ2) is 8.97. The molecule has 0 radical (unpaired) electrons. The van der Waals surface area contributed by atoms with Gasteiger partial charge in [0.2, 0.25) is 0 Å². The van der Waals surface area contributed by atoms with Crippen LogP contribution in [0.1, 0.15) is 16.0 Å². The van der Waals surface area contributed by atoms with E-state index in [1.807, 2.05) is 41.8 Å². The summed E-state index contributed by atoms with van der Waals surface area (Å²) in [5.74, 6) is 0.555. The number of thiophene rings is 1. The van der Waals surface area contributed by atoms with Crippen molar-refractivity contribution in [3.05, 3.63) is 82.0 Å². The predicted molar refractivity (Wildman–Crippen MR) is 113 cm³/mol. The summed E-state index contributed by atoms with van der Waals surface area (Å²) in [5.41, 5.74) is 10.4. The van der Waals surface area contributed by atoms with Gasteiger partial charge in [-0.05, 0) is 60.2 Å². The fourth-order valence-corrected chi connectivity index (χ4v) is 3.10. The van der Waals surface area contributed by atoms with E-state index < -0.39 is 0 Å². The molecule has 3 rings (SSSR count). The average molecular weight is 363 g/mol. The van der Waals surface area contributed by atoms with Gasteiger partial charge in [-0.2, -0.15) is 0 Å². The van der Waals surface area contributed by atoms with Gasteiger partial charge in [0.1, 0.15) is 5.84 Å². The highest BCUT2D eigenvalue weighted by atomic mass is 32.1. The van der Waals surface area contributed by atoms with Crippen LogP contribution >= 0.6 is 11.3 Å². The van der Waals surface area contributed by atoms with Crippen LogP contribution in [0.25, 0.3) is 0 Å². The smallest absolute Gasteiger partial charge is 0.141 e. The first kappa shape index (κ1) is 17.9. The number of hydrogen-bond acceptors (Lipinski definition) is 3. The number of anilines is 1. The van der Waals surface area contributed by atoms with Gasteiger partial charge in [-0.25, -0.2) is 4.99 Å². The molecule has 1 heterocycles. The lowest BCUT2D eigenvalue weighted by atomic mass is 10.1. The predicted octanol–water partition coefficient (Wildman–Crippen LogP) is 4.78. The lowest BCUT2D eigenvalue weighted by molar-refractivity contribution is 0.973. The van der Waals surface area contributed by atoms with Gasteiger partial charge >= 0.3 is 0 Å². The molecule has 4 nitrogen and oxygen atoms in total. The summed E-state index contributed by atoms with van der Waals surface area (Å²) in [6.45, 7) is 2.81. The Morgan fingerprint density at radius 1 is 1.12 bits per heavy atom. The Morgan fingerprint density at radius 2 is 1.96 bits per heavy atom. The van der Waals surface area contributed by atoms with Gasteiger partial charge in [-0.1, -0.05) is 30.3 Å². The van der Waals surface area contributed by atoms with Crippen molar-refractivity contribution in [1.29, 1.82) is 0 Å². The van der Waals surface area contributed by atoms with E-state index in [9.17, 15) is 0 Å². The Labute approximate surface area is 158 Å². The number of nitrogens with two attached hydrogens (primary N) is 1. The zero-order valence-electron chi connectivity index (χ0n) is 14.7. The van der Waals surface area contributed by atoms with Gasteiger partial charge in [-0.3, -0.25) is 4.99 Å². The summed E-state index contributed by atoms with van der Waals surface area (Å²) in [7, 11) is 0. The second-order valence-electron chi connectivity index (χ2n) is 5.94. The Balaban J connectivity index is 1.48. The van der Waals surface area contributed by atoms with E-state index in [0.29, 0.717) is 5.84 Å². The molecule has 3 aromatic rings. The standard InChI is InChI=1S/C21H22N4S/c1-16-4-2-5-19(14-16)24-15-23-12-11-17-7-9-18(10-8-17)25-21(22)20-6-3-13-26-20/h2-10,13-15H,11-12H2,1H3,(H2,22,25)(H,23,24). The number of amidine groups is 1. The van der Waals surface area contributed by atoms with Crippen LogP contribution in [-0.2, 0) is 6.42 Å². The topological polar surface area (TPSA) is 62.8 Å². The third kappa shape index (κ3) is 5.29. The number of aryl methyl sites for hydroxylation is 1. The SMILES string of the molecule is Cc1cccc(NC=NCCc2ccc(N=C(N)c3cccs3)cc2)c1. The van der Waals surface area contributed by atoms with Crippen LogP contribution in [0.2, 0.25) is 0 Å². The number of hydrogen-bond donors (Lipinski definition) is 2. The van der Waals surface area contributed by atoms with Crippen molar-refractivity contribution in [2.75, 3.05) is 11.9 Å². The van der Waals surface area contributed by atoms with Crippen molar-refractivity contribution in [3.8, 4) is 0 Å². The molecule has 2 aromatic carbocycles. The molecule has 0 aliphatic rings. The van der Waals surface area contributed by atoms with E-state index in [0.717, 1.165) is 29.2 Å². The van der Waals surface area contributed by atoms with Crippen molar-refractivity contribution in [2.45, 2.75) is 13.3 Å². The van der Waals surface area contributed by atoms with Crippen molar-refractivity contribution < 1.29 is 0 Å². The molecule has 0 fully saturated rings. The minimum Gasteiger partial charge on any atom is -0.383 e. The lowest BCUT2D eigenvalue weighted by Crippen LogP contribution is -2.10. The minimum absolute atomic E-state index is 0.555. The van der Waals surface area contributed by atoms with Crippen LogP contribution in [0.5, 0.6) is 0 Å². The molecule has 0 amide bonds. The van der Waals surface area contributed by atoms with Crippen LogP contribution in [0.3, 0.4) is 0 Å². The van der Waals surface area contributed by atoms with Gasteiger partial charge in [-0.15, -0.1) is 11.3 Å². The molecule has 3 N–H and O–H groups in total. The summed E-state index contributed by atoms with van der Waals surface area (Å²) in [4.78, 5) is 9.86. The van der Waals surface area contributed by atoms with Crippen molar-refractivity contribution in [2.24, 2.45) is 15.7 Å². The Bertz CT molecular complexity index is 881. The van der Waals surface area contributed by atoms with Gasteiger partial charge in [0.15, 0.2) is 0 Å². The maximum absolute atomic E-state index is 6.01. The Kier molecular flexibility index (Phi) is 6.17. The molecule has 0 saturated carbocycles. The van der Waals surface area contributed by atoms with Crippen molar-refractivity contribution >= 4 is 34.9 Å². The highest BCUT2D eigenvalue weighted by molar-refractivity contribution is 7.12. The van der Waals surface area contributed by atoms with E-state index >= 15 is 0 Å². The van der Waals surface area contributed by atoms with Gasteiger partial charge < -0.3 is 11.1 Å². The monoisotopic (exact) mass is 362 g/mol. The molecular formula is C21H22N4S. The lowest BCUT2D eigenvalue weighted by Gasteiger charge is -2.02. The number of nitrogens with zero attached hydrogens (tertiary/aromatic N) is 2. The summed E-state index contributed by atoms with van der Waals surface area (Å²) >= 11 is 1.59. The molecule has 26 heavy (non-hydrogen) atoms. The second-order valence-corrected chi connectivity index (χ2v) is 6.89. The minimum atomic E-state index is 0.555. The van der Waals surface area contributed by atoms with E-state index in [1.165, 1.54) is 11.1 Å². The third-order valence-corrected chi connectivity index (χ3v) is 4.72. The van der Waals surface area contributed by atoms with Crippen LogP contribution < -0.4 is 11.1 Å². The quantitative estimate of drug-likeness (QED) is 0.469. The molecule has 0 bridgehead atoms. The fourth-order valence-electron chi connectivity index (χ4n) is 2.47. The number of nitrogens with one attached hydrogen (secondary N) is 1. The molecule has 1 aromatic heterocycles. The van der Waals surface area contributed by atoms with Gasteiger partial charge in [0.25, 0.3) is 0 Å². The maximum Gasteiger partial charge on any atom is 0.141 e. The van der Waals surface area contributed by atoms with Crippen molar-refractivity contribution in [1.82, 2.24) is 0 Å². The highest BCUT2D eigenvalue weighted by Crippen LogP contribution is 2.16. The molecule has 0 spiro atoms. The van der Waals surface area contributed by atoms with Crippen LogP contribution in [-0.4, -0.2) is 18.7 Å². The molecule has 5 heteroatoms. The molecular weight excluding hydrogens is 340 g/mol. The van der Waals surface area contributed by atoms with E-state index in [-0.39, 0.29) is 0 Å². The summed E-state index contributed by atoms with van der Waals surface area (Å²) < 4.78 is 0. The first-order chi connectivity index (χ1) is 12.7. The average Bonchev–Trinajstić information content (AvgIpc) is 3.18. The fraction of sp³-hybridized carbons (Fsp3) is 0.143. The van der Waals surface area contributed by atoms with Crippen molar-refractivity contribution in [3.63, 3.8) is 0 Å². The molecule has 0 aliphatic carbocycles. The number of rotatable bonds is 7. The molecule has 0 saturated heterocycles. The molecule has 0 unspecified atom stereocenters. The highest BCUT2D eigenvalue weighted by Gasteiger charge is 2.00. The summed E-state index contributed by atoms with van der Waals surface area (Å²) in [6, 6.07) is 20.3. The summed E-state index contributed by atoms with van der Waals surface area (Å²) in [5, 5.41) is 5.19. The summed E-state index contributed by atoms with van der Waals surface area (Å²) in [6.07, 6.45) is 2.64. The van der Waals surface area contributed by atoms with Gasteiger partial charge in [0.05, 0.1) is 16.9 Å². The Morgan fingerprint density at radius 3 is 2.69 bits per heavy atom. The van der Waals surface area contributed by atoms with Crippen LogP contribution in [0, 0.1) is 6.92 Å².